The fraction of sp³-hybridized carbons (Fsp3) is 0.250. The van der Waals surface area contributed by atoms with E-state index in [1.807, 2.05) is 44.2 Å². The van der Waals surface area contributed by atoms with Gasteiger partial charge in [0.05, 0.1) is 0 Å². The van der Waals surface area contributed by atoms with E-state index >= 15 is 0 Å². The third-order valence-corrected chi connectivity index (χ3v) is 4.43. The lowest BCUT2D eigenvalue weighted by Gasteiger charge is -2.22. The predicted octanol–water partition coefficient (Wildman–Crippen LogP) is 3.85. The molecule has 3 N–H and O–H groups in total. The lowest BCUT2D eigenvalue weighted by Crippen LogP contribution is -2.11. The average Bonchev–Trinajstić information content (AvgIpc) is 2.44. The minimum atomic E-state index is -4.32. The van der Waals surface area contributed by atoms with Crippen LogP contribution in [0.3, 0.4) is 0 Å². The van der Waals surface area contributed by atoms with Gasteiger partial charge in [0.25, 0.3) is 0 Å². The highest BCUT2D eigenvalue weighted by molar-refractivity contribution is 7.52. The van der Waals surface area contributed by atoms with Crippen LogP contribution in [-0.2, 0) is 11.0 Å². The fourth-order valence-electron chi connectivity index (χ4n) is 2.24. The number of anilines is 1. The largest absolute Gasteiger partial charge is 0.368 e. The summed E-state index contributed by atoms with van der Waals surface area (Å²) in [7, 11) is -4.32. The van der Waals surface area contributed by atoms with Gasteiger partial charge in [-0.05, 0) is 36.6 Å². The molecule has 4 nitrogen and oxygen atoms in total. The van der Waals surface area contributed by atoms with Crippen LogP contribution in [0.5, 0.6) is 0 Å². The summed E-state index contributed by atoms with van der Waals surface area (Å²) in [4.78, 5) is 19.3. The van der Waals surface area contributed by atoms with Crippen LogP contribution < -0.4 is 5.32 Å². The van der Waals surface area contributed by atoms with Gasteiger partial charge in [-0.15, -0.1) is 0 Å². The number of benzene rings is 2. The van der Waals surface area contributed by atoms with Crippen molar-refractivity contribution in [1.29, 1.82) is 0 Å². The smallest absolute Gasteiger partial charge is 0.352 e. The van der Waals surface area contributed by atoms with Crippen molar-refractivity contribution in [1.82, 2.24) is 0 Å². The molecule has 2 aromatic carbocycles. The molecule has 112 valence electrons. The minimum Gasteiger partial charge on any atom is -0.368 e. The monoisotopic (exact) mass is 305 g/mol. The molecule has 0 spiro atoms. The highest BCUT2D eigenvalue weighted by Gasteiger charge is 2.30. The summed E-state index contributed by atoms with van der Waals surface area (Å²) in [6, 6.07) is 14.8. The second-order valence-corrected chi connectivity index (χ2v) is 6.80. The molecule has 0 aromatic heterocycles. The molecule has 0 fully saturated rings. The molecule has 5 heteroatoms. The van der Waals surface area contributed by atoms with Gasteiger partial charge in [-0.1, -0.05) is 48.9 Å². The lowest BCUT2D eigenvalue weighted by molar-refractivity contribution is 0.363. The zero-order valence-corrected chi connectivity index (χ0v) is 13.0. The molecule has 0 unspecified atom stereocenters. The van der Waals surface area contributed by atoms with Gasteiger partial charge >= 0.3 is 7.60 Å². The molecule has 0 aliphatic carbocycles. The molecule has 0 amide bonds. The van der Waals surface area contributed by atoms with Gasteiger partial charge in [-0.2, -0.15) is 0 Å². The quantitative estimate of drug-likeness (QED) is 0.734. The van der Waals surface area contributed by atoms with Crippen LogP contribution in [0.25, 0.3) is 0 Å². The van der Waals surface area contributed by atoms with E-state index in [1.54, 1.807) is 18.2 Å². The van der Waals surface area contributed by atoms with E-state index in [-0.39, 0.29) is 0 Å². The zero-order valence-electron chi connectivity index (χ0n) is 12.2. The van der Waals surface area contributed by atoms with Crippen molar-refractivity contribution < 1.29 is 14.4 Å². The van der Waals surface area contributed by atoms with Crippen LogP contribution in [0.4, 0.5) is 5.69 Å². The topological polar surface area (TPSA) is 69.6 Å². The first-order valence-corrected chi connectivity index (χ1v) is 8.55. The maximum atomic E-state index is 11.8. The molecule has 0 saturated heterocycles. The van der Waals surface area contributed by atoms with Crippen molar-refractivity contribution in [2.45, 2.75) is 26.1 Å². The molecule has 0 aliphatic rings. The SMILES string of the molecule is CCc1cccc(N[C@H](c2cccc(C)c2)P(=O)(O)O)c1. The maximum Gasteiger partial charge on any atom is 0.352 e. The van der Waals surface area contributed by atoms with E-state index in [9.17, 15) is 14.4 Å². The van der Waals surface area contributed by atoms with Gasteiger partial charge in [-0.3, -0.25) is 4.57 Å². The van der Waals surface area contributed by atoms with Gasteiger partial charge in [0.2, 0.25) is 0 Å². The van der Waals surface area contributed by atoms with Gasteiger partial charge in [0.1, 0.15) is 0 Å². The van der Waals surface area contributed by atoms with Crippen molar-refractivity contribution in [3.05, 3.63) is 65.2 Å². The van der Waals surface area contributed by atoms with E-state index in [0.717, 1.165) is 17.5 Å². The van der Waals surface area contributed by atoms with Gasteiger partial charge in [-0.25, -0.2) is 0 Å². The van der Waals surface area contributed by atoms with Gasteiger partial charge in [0.15, 0.2) is 5.78 Å². The van der Waals surface area contributed by atoms with E-state index in [4.69, 9.17) is 0 Å². The number of nitrogens with one attached hydrogen (secondary N) is 1. The van der Waals surface area contributed by atoms with Gasteiger partial charge < -0.3 is 15.1 Å². The van der Waals surface area contributed by atoms with Gasteiger partial charge in [0, 0.05) is 5.69 Å². The molecule has 2 rings (SSSR count). The Balaban J connectivity index is 2.35. The van der Waals surface area contributed by atoms with Crippen LogP contribution >= 0.6 is 7.60 Å². The number of aryl methyl sites for hydroxylation is 2. The number of hydrogen-bond acceptors (Lipinski definition) is 2. The normalized spacial score (nSPS) is 13.0. The number of rotatable bonds is 5. The fourth-order valence-corrected chi connectivity index (χ4v) is 3.11. The van der Waals surface area contributed by atoms with Crippen molar-refractivity contribution >= 4 is 13.3 Å². The highest BCUT2D eigenvalue weighted by Crippen LogP contribution is 2.51. The molecule has 1 atom stereocenters. The second kappa shape index (κ2) is 6.44. The first-order valence-electron chi connectivity index (χ1n) is 6.87. The Kier molecular flexibility index (Phi) is 4.84. The molecule has 0 saturated carbocycles. The van der Waals surface area contributed by atoms with E-state index in [0.29, 0.717) is 11.3 Å². The first kappa shape index (κ1) is 15.8. The summed E-state index contributed by atoms with van der Waals surface area (Å²) in [6.07, 6.45) is 0.876. The molecular weight excluding hydrogens is 285 g/mol. The zero-order chi connectivity index (χ0) is 15.5. The number of hydrogen-bond donors (Lipinski definition) is 3. The van der Waals surface area contributed by atoms with Crippen LogP contribution in [0.2, 0.25) is 0 Å². The molecule has 0 heterocycles. The molecule has 2 aromatic rings. The Morgan fingerprint density at radius 3 is 2.48 bits per heavy atom. The lowest BCUT2D eigenvalue weighted by atomic mass is 10.1. The molecule has 21 heavy (non-hydrogen) atoms. The van der Waals surface area contributed by atoms with Crippen molar-refractivity contribution in [2.75, 3.05) is 5.32 Å². The van der Waals surface area contributed by atoms with Crippen LogP contribution in [-0.4, -0.2) is 9.79 Å². The summed E-state index contributed by atoms with van der Waals surface area (Å²) in [5.41, 5.74) is 3.39. The van der Waals surface area contributed by atoms with Crippen molar-refractivity contribution in [3.63, 3.8) is 0 Å². The van der Waals surface area contributed by atoms with Crippen molar-refractivity contribution in [3.8, 4) is 0 Å². The highest BCUT2D eigenvalue weighted by atomic mass is 31.2. The van der Waals surface area contributed by atoms with E-state index in [1.165, 1.54) is 0 Å². The third kappa shape index (κ3) is 4.18. The Morgan fingerprint density at radius 1 is 1.14 bits per heavy atom. The first-order chi connectivity index (χ1) is 9.90. The molecule has 0 bridgehead atoms. The summed E-state index contributed by atoms with van der Waals surface area (Å²) in [5, 5.41) is 2.97. The predicted molar refractivity (Wildman–Crippen MR) is 85.4 cm³/mol. The Hall–Kier alpha value is -1.61. The summed E-state index contributed by atoms with van der Waals surface area (Å²) >= 11 is 0. The molecule has 0 radical (unpaired) electrons. The summed E-state index contributed by atoms with van der Waals surface area (Å²) < 4.78 is 11.8. The van der Waals surface area contributed by atoms with Crippen LogP contribution in [0, 0.1) is 6.92 Å². The Morgan fingerprint density at radius 2 is 1.86 bits per heavy atom. The standard InChI is InChI=1S/C16H20NO3P/c1-3-13-7-5-9-15(11-13)17-16(21(18,19)20)14-8-4-6-12(2)10-14/h4-11,16-17H,3H2,1-2H3,(H2,18,19,20)/t16-/m0/s1. The third-order valence-electron chi connectivity index (χ3n) is 3.33. The minimum absolute atomic E-state index is 0.588. The Labute approximate surface area is 125 Å². The molecular formula is C16H20NO3P. The molecule has 0 aliphatic heterocycles. The summed E-state index contributed by atoms with van der Waals surface area (Å²) in [6.45, 7) is 3.94. The van der Waals surface area contributed by atoms with Crippen molar-refractivity contribution in [2.24, 2.45) is 0 Å². The van der Waals surface area contributed by atoms with E-state index in [2.05, 4.69) is 5.32 Å². The maximum absolute atomic E-state index is 11.8. The van der Waals surface area contributed by atoms with Crippen LogP contribution in [0.15, 0.2) is 48.5 Å². The average molecular weight is 305 g/mol. The summed E-state index contributed by atoms with van der Waals surface area (Å²) in [5.74, 6) is -1.04. The van der Waals surface area contributed by atoms with E-state index < -0.39 is 13.4 Å². The Bertz CT molecular complexity index is 666. The van der Waals surface area contributed by atoms with Crippen LogP contribution in [0.1, 0.15) is 29.4 Å². The second-order valence-electron chi connectivity index (χ2n) is 5.10.